The van der Waals surface area contributed by atoms with Crippen LogP contribution in [0.1, 0.15) is 24.5 Å². The smallest absolute Gasteiger partial charge is 0.330 e. The molecule has 2 rings (SSSR count). The molecule has 120 valence electrons. The molecule has 1 aliphatic rings. The van der Waals surface area contributed by atoms with E-state index < -0.39 is 17.6 Å². The molecular weight excluding hydrogens is 308 g/mol. The Kier molecular flexibility index (Phi) is 6.01. The number of likely N-dealkylation sites (tertiary alicyclic amines) is 1. The molecule has 1 aliphatic heterocycles. The van der Waals surface area contributed by atoms with Gasteiger partial charge in [-0.1, -0.05) is 0 Å². The first-order valence-electron chi connectivity index (χ1n) is 6.60. The molecule has 0 bridgehead atoms. The highest BCUT2D eigenvalue weighted by atomic mass is 35.5. The molecule has 21 heavy (non-hydrogen) atoms. The zero-order chi connectivity index (χ0) is 14.9. The summed E-state index contributed by atoms with van der Waals surface area (Å²) in [6.45, 7) is 3.64. The van der Waals surface area contributed by atoms with Crippen LogP contribution in [0.2, 0.25) is 0 Å². The van der Waals surface area contributed by atoms with Gasteiger partial charge in [0.15, 0.2) is 0 Å². The highest BCUT2D eigenvalue weighted by Crippen LogP contribution is 2.31. The predicted molar refractivity (Wildman–Crippen MR) is 75.7 cm³/mol. The summed E-state index contributed by atoms with van der Waals surface area (Å²) in [5.41, 5.74) is 5.04. The lowest BCUT2D eigenvalue weighted by atomic mass is 10.1. The Balaban J connectivity index is 0.00000220. The molecule has 1 saturated heterocycles. The van der Waals surface area contributed by atoms with Gasteiger partial charge < -0.3 is 5.73 Å². The van der Waals surface area contributed by atoms with Crippen LogP contribution in [-0.2, 0) is 12.7 Å². The van der Waals surface area contributed by atoms with Crippen LogP contribution < -0.4 is 5.73 Å². The van der Waals surface area contributed by atoms with Gasteiger partial charge in [-0.15, -0.1) is 12.4 Å². The van der Waals surface area contributed by atoms with Crippen LogP contribution in [0.4, 0.5) is 17.6 Å². The van der Waals surface area contributed by atoms with Crippen LogP contribution in [-0.4, -0.2) is 24.0 Å². The van der Waals surface area contributed by atoms with Crippen LogP contribution in [0.25, 0.3) is 0 Å². The molecule has 0 spiro atoms. The van der Waals surface area contributed by atoms with Gasteiger partial charge in [-0.2, -0.15) is 13.2 Å². The molecule has 0 aromatic heterocycles. The number of hydrogen-bond acceptors (Lipinski definition) is 2. The molecule has 1 heterocycles. The summed E-state index contributed by atoms with van der Waals surface area (Å²) < 4.78 is 51.3. The lowest BCUT2D eigenvalue weighted by molar-refractivity contribution is -0.137. The van der Waals surface area contributed by atoms with Crippen molar-refractivity contribution in [2.75, 3.05) is 13.1 Å². The van der Waals surface area contributed by atoms with Gasteiger partial charge in [0.25, 0.3) is 0 Å². The zero-order valence-electron chi connectivity index (χ0n) is 11.7. The van der Waals surface area contributed by atoms with Gasteiger partial charge in [-0.05, 0) is 49.6 Å². The van der Waals surface area contributed by atoms with Crippen molar-refractivity contribution in [3.63, 3.8) is 0 Å². The first-order valence-corrected chi connectivity index (χ1v) is 6.60. The zero-order valence-corrected chi connectivity index (χ0v) is 12.5. The van der Waals surface area contributed by atoms with Crippen LogP contribution in [0.15, 0.2) is 18.2 Å². The van der Waals surface area contributed by atoms with Gasteiger partial charge in [0.2, 0.25) is 0 Å². The van der Waals surface area contributed by atoms with Gasteiger partial charge in [-0.25, -0.2) is 4.39 Å². The van der Waals surface area contributed by atoms with Crippen molar-refractivity contribution in [1.82, 2.24) is 4.90 Å². The molecule has 2 nitrogen and oxygen atoms in total. The van der Waals surface area contributed by atoms with Crippen molar-refractivity contribution in [2.24, 2.45) is 11.7 Å². The molecule has 7 heteroatoms. The summed E-state index contributed by atoms with van der Waals surface area (Å²) in [7, 11) is 0. The molecule has 2 unspecified atom stereocenters. The molecular formula is C14H19ClF4N2. The molecule has 1 aromatic carbocycles. The summed E-state index contributed by atoms with van der Waals surface area (Å²) in [6, 6.07) is 2.96. The third-order valence-electron chi connectivity index (χ3n) is 3.79. The van der Waals surface area contributed by atoms with Crippen molar-refractivity contribution in [3.8, 4) is 0 Å². The minimum Gasteiger partial charge on any atom is -0.330 e. The monoisotopic (exact) mass is 326 g/mol. The number of hydrogen-bond donors (Lipinski definition) is 1. The van der Waals surface area contributed by atoms with E-state index in [9.17, 15) is 17.6 Å². The van der Waals surface area contributed by atoms with Crippen molar-refractivity contribution in [2.45, 2.75) is 32.1 Å². The number of nitrogens with two attached hydrogens (primary N) is 1. The Morgan fingerprint density at radius 1 is 1.29 bits per heavy atom. The quantitative estimate of drug-likeness (QED) is 0.862. The van der Waals surface area contributed by atoms with Gasteiger partial charge in [-0.3, -0.25) is 4.90 Å². The van der Waals surface area contributed by atoms with E-state index in [0.717, 1.165) is 25.1 Å². The van der Waals surface area contributed by atoms with E-state index in [0.29, 0.717) is 30.6 Å². The largest absolute Gasteiger partial charge is 0.416 e. The summed E-state index contributed by atoms with van der Waals surface area (Å²) in [4.78, 5) is 2.05. The standard InChI is InChI=1S/C14H18F4N2.ClH/c1-9-2-11(6-19)8-20(9)7-10-3-12(14(16,17)18)5-13(15)4-10;/h3-5,9,11H,2,6-8,19H2,1H3;1H. The van der Waals surface area contributed by atoms with Crippen LogP contribution >= 0.6 is 12.4 Å². The lowest BCUT2D eigenvalue weighted by Gasteiger charge is -2.21. The third-order valence-corrected chi connectivity index (χ3v) is 3.79. The number of nitrogens with zero attached hydrogens (tertiary/aromatic N) is 1. The molecule has 0 radical (unpaired) electrons. The summed E-state index contributed by atoms with van der Waals surface area (Å²) in [5.74, 6) is -0.488. The Labute approximate surface area is 127 Å². The molecule has 1 aromatic rings. The van der Waals surface area contributed by atoms with E-state index >= 15 is 0 Å². The van der Waals surface area contributed by atoms with Crippen LogP contribution in [0, 0.1) is 11.7 Å². The number of rotatable bonds is 3. The fourth-order valence-corrected chi connectivity index (χ4v) is 2.75. The van der Waals surface area contributed by atoms with Crippen molar-refractivity contribution >= 4 is 12.4 Å². The van der Waals surface area contributed by atoms with Gasteiger partial charge in [0.05, 0.1) is 5.56 Å². The Morgan fingerprint density at radius 2 is 1.95 bits per heavy atom. The van der Waals surface area contributed by atoms with Crippen LogP contribution in [0.3, 0.4) is 0 Å². The van der Waals surface area contributed by atoms with E-state index in [1.807, 2.05) is 11.8 Å². The average Bonchev–Trinajstić information content (AvgIpc) is 2.68. The Bertz CT molecular complexity index is 479. The second-order valence-electron chi connectivity index (χ2n) is 5.46. The lowest BCUT2D eigenvalue weighted by Crippen LogP contribution is -2.27. The van der Waals surface area contributed by atoms with E-state index in [-0.39, 0.29) is 18.4 Å². The van der Waals surface area contributed by atoms with Gasteiger partial charge >= 0.3 is 6.18 Å². The molecule has 2 N–H and O–H groups in total. The number of alkyl halides is 3. The number of halogens is 5. The van der Waals surface area contributed by atoms with Crippen molar-refractivity contribution in [3.05, 3.63) is 35.1 Å². The average molecular weight is 327 g/mol. The second kappa shape index (κ2) is 6.94. The first-order chi connectivity index (χ1) is 9.29. The number of benzene rings is 1. The molecule has 1 fully saturated rings. The third kappa shape index (κ3) is 4.56. The molecule has 0 saturated carbocycles. The summed E-state index contributed by atoms with van der Waals surface area (Å²) in [5, 5.41) is 0. The van der Waals surface area contributed by atoms with Crippen LogP contribution in [0.5, 0.6) is 0 Å². The summed E-state index contributed by atoms with van der Waals surface area (Å²) >= 11 is 0. The minimum atomic E-state index is -4.52. The predicted octanol–water partition coefficient (Wildman–Crippen LogP) is 3.44. The van der Waals surface area contributed by atoms with Crippen molar-refractivity contribution < 1.29 is 17.6 Å². The van der Waals surface area contributed by atoms with Gasteiger partial charge in [0, 0.05) is 19.1 Å². The normalized spacial score (nSPS) is 23.1. The minimum absolute atomic E-state index is 0. The first kappa shape index (κ1) is 18.2. The topological polar surface area (TPSA) is 29.3 Å². The van der Waals surface area contributed by atoms with E-state index in [4.69, 9.17) is 5.73 Å². The van der Waals surface area contributed by atoms with Gasteiger partial charge in [0.1, 0.15) is 5.82 Å². The van der Waals surface area contributed by atoms with E-state index in [1.54, 1.807) is 0 Å². The molecule has 0 amide bonds. The van der Waals surface area contributed by atoms with Crippen molar-refractivity contribution in [1.29, 1.82) is 0 Å². The maximum Gasteiger partial charge on any atom is 0.416 e. The highest BCUT2D eigenvalue weighted by Gasteiger charge is 2.32. The fourth-order valence-electron chi connectivity index (χ4n) is 2.75. The fraction of sp³-hybridized carbons (Fsp3) is 0.571. The van der Waals surface area contributed by atoms with E-state index in [1.165, 1.54) is 0 Å². The maximum atomic E-state index is 13.3. The summed E-state index contributed by atoms with van der Waals surface area (Å²) in [6.07, 6.45) is -3.59. The molecule has 0 aliphatic carbocycles. The molecule has 2 atom stereocenters. The highest BCUT2D eigenvalue weighted by molar-refractivity contribution is 5.85. The SMILES string of the molecule is CC1CC(CN)CN1Cc1cc(F)cc(C(F)(F)F)c1.Cl. The van der Waals surface area contributed by atoms with E-state index in [2.05, 4.69) is 0 Å². The maximum absolute atomic E-state index is 13.3. The second-order valence-corrected chi connectivity index (χ2v) is 5.46. The Morgan fingerprint density at radius 3 is 2.48 bits per heavy atom. The Hall–Kier alpha value is -0.850.